The van der Waals surface area contributed by atoms with Crippen LogP contribution in [0.3, 0.4) is 0 Å². The average Bonchev–Trinajstić information content (AvgIpc) is 2.74. The van der Waals surface area contributed by atoms with Gasteiger partial charge in [-0.1, -0.05) is 40.9 Å². The Balaban J connectivity index is 1.86. The van der Waals surface area contributed by atoms with Crippen molar-refractivity contribution in [2.45, 2.75) is 12.8 Å². The summed E-state index contributed by atoms with van der Waals surface area (Å²) < 4.78 is 6.50. The zero-order valence-electron chi connectivity index (χ0n) is 17.0. The molecule has 10 heteroatoms. The molecule has 2 aromatic carbocycles. The number of hydrogen-bond donors (Lipinski definition) is 2. The molecule has 0 saturated heterocycles. The van der Waals surface area contributed by atoms with Gasteiger partial charge in [0.05, 0.1) is 21.1 Å². The van der Waals surface area contributed by atoms with E-state index in [1.165, 1.54) is 17.7 Å². The highest BCUT2D eigenvalue weighted by Crippen LogP contribution is 2.27. The molecule has 0 aliphatic rings. The fourth-order valence-corrected chi connectivity index (χ4v) is 3.76. The number of hydrogen-bond acceptors (Lipinski definition) is 4. The number of aryl methyl sites for hydroxylation is 2. The predicted molar refractivity (Wildman–Crippen MR) is 124 cm³/mol. The summed E-state index contributed by atoms with van der Waals surface area (Å²) in [6.45, 7) is -0.465. The monoisotopic (exact) mass is 496 g/mol. The van der Waals surface area contributed by atoms with E-state index in [1.54, 1.807) is 24.3 Å². The van der Waals surface area contributed by atoms with Crippen LogP contribution in [-0.4, -0.2) is 34.7 Å². The van der Waals surface area contributed by atoms with Crippen LogP contribution in [0.25, 0.3) is 10.9 Å². The Kier molecular flexibility index (Phi) is 7.66. The molecule has 32 heavy (non-hydrogen) atoms. The number of carboxylic acid groups (broad SMARTS) is 1. The van der Waals surface area contributed by atoms with Gasteiger partial charge in [-0.2, -0.15) is 0 Å². The molecule has 3 rings (SSSR count). The lowest BCUT2D eigenvalue weighted by atomic mass is 10.1. The summed E-state index contributed by atoms with van der Waals surface area (Å²) >= 11 is 18.1. The third kappa shape index (κ3) is 5.35. The molecule has 0 aliphatic carbocycles. The Morgan fingerprint density at radius 3 is 2.53 bits per heavy atom. The van der Waals surface area contributed by atoms with Gasteiger partial charge in [-0.05, 0) is 48.7 Å². The van der Waals surface area contributed by atoms with Crippen LogP contribution >= 0.6 is 34.8 Å². The number of aromatic nitrogens is 1. The van der Waals surface area contributed by atoms with Crippen LogP contribution in [0.2, 0.25) is 15.1 Å². The Morgan fingerprint density at radius 1 is 1.09 bits per heavy atom. The molecule has 0 spiro atoms. The maximum absolute atomic E-state index is 13.0. The Labute approximate surface area is 198 Å². The van der Waals surface area contributed by atoms with Gasteiger partial charge in [0.1, 0.15) is 0 Å². The Hall–Kier alpha value is -2.74. The highest BCUT2D eigenvalue weighted by Gasteiger charge is 2.23. The van der Waals surface area contributed by atoms with Gasteiger partial charge in [0, 0.05) is 24.0 Å². The molecule has 1 amide bonds. The van der Waals surface area contributed by atoms with Crippen molar-refractivity contribution in [3.8, 4) is 5.75 Å². The quantitative estimate of drug-likeness (QED) is 0.452. The number of carbonyl (C=O) groups excluding carboxylic acids is 1. The molecule has 1 heterocycles. The number of rotatable bonds is 8. The molecule has 0 radical (unpaired) electrons. The largest absolute Gasteiger partial charge is 0.479 e. The maximum Gasteiger partial charge on any atom is 0.341 e. The van der Waals surface area contributed by atoms with Crippen molar-refractivity contribution in [2.75, 3.05) is 13.2 Å². The first-order chi connectivity index (χ1) is 15.2. The van der Waals surface area contributed by atoms with Crippen molar-refractivity contribution in [1.82, 2.24) is 9.88 Å². The number of ether oxygens (including phenoxy) is 1. The predicted octanol–water partition coefficient (Wildman–Crippen LogP) is 4.32. The van der Waals surface area contributed by atoms with Gasteiger partial charge in [0.25, 0.3) is 11.5 Å². The van der Waals surface area contributed by atoms with Gasteiger partial charge in [-0.25, -0.2) is 4.79 Å². The van der Waals surface area contributed by atoms with Crippen LogP contribution in [0, 0.1) is 0 Å². The van der Waals surface area contributed by atoms with Crippen molar-refractivity contribution in [3.05, 3.63) is 72.9 Å². The minimum atomic E-state index is -1.27. The average molecular weight is 498 g/mol. The molecule has 168 valence electrons. The molecule has 0 saturated carbocycles. The fourth-order valence-electron chi connectivity index (χ4n) is 3.26. The molecular weight excluding hydrogens is 479 g/mol. The third-order valence-electron chi connectivity index (χ3n) is 4.79. The number of nitrogens with one attached hydrogen (secondary N) is 1. The van der Waals surface area contributed by atoms with E-state index in [2.05, 4.69) is 5.32 Å². The summed E-state index contributed by atoms with van der Waals surface area (Å²) in [4.78, 5) is 36.8. The summed E-state index contributed by atoms with van der Waals surface area (Å²) in [6.07, 6.45) is 1.24. The standard InChI is InChI=1S/C22H19Cl3N2O5/c1-27-17-7-5-13(23)10-14(17)19(20(22(27)31)32-11-18(28)29)21(30)26-8-2-3-12-4-6-15(24)16(25)9-12/h4-7,9-10H,2-3,8,11H2,1H3,(H,26,30)(H,28,29). The van der Waals surface area contributed by atoms with E-state index >= 15 is 0 Å². The molecule has 1 aromatic heterocycles. The molecule has 0 bridgehead atoms. The molecule has 0 unspecified atom stereocenters. The minimum absolute atomic E-state index is 0.0543. The number of pyridine rings is 1. The summed E-state index contributed by atoms with van der Waals surface area (Å²) in [6, 6.07) is 10.1. The zero-order valence-corrected chi connectivity index (χ0v) is 19.2. The van der Waals surface area contributed by atoms with Gasteiger partial charge in [-0.3, -0.25) is 9.59 Å². The summed E-state index contributed by atoms with van der Waals surface area (Å²) in [5, 5.41) is 13.4. The molecular formula is C22H19Cl3N2O5. The van der Waals surface area contributed by atoms with E-state index in [-0.39, 0.29) is 11.3 Å². The number of halogens is 3. The summed E-state index contributed by atoms with van der Waals surface area (Å²) in [5.74, 6) is -2.18. The van der Waals surface area contributed by atoms with E-state index in [4.69, 9.17) is 44.6 Å². The van der Waals surface area contributed by atoms with Crippen LogP contribution in [0.15, 0.2) is 41.2 Å². The van der Waals surface area contributed by atoms with Crippen LogP contribution in [0.1, 0.15) is 22.3 Å². The lowest BCUT2D eigenvalue weighted by Gasteiger charge is -2.16. The zero-order chi connectivity index (χ0) is 23.4. The Bertz CT molecular complexity index is 1260. The van der Waals surface area contributed by atoms with E-state index in [0.29, 0.717) is 45.4 Å². The number of nitrogens with zero attached hydrogens (tertiary/aromatic N) is 1. The number of carboxylic acids is 1. The van der Waals surface area contributed by atoms with Gasteiger partial charge < -0.3 is 19.7 Å². The third-order valence-corrected chi connectivity index (χ3v) is 5.77. The number of benzene rings is 2. The fraction of sp³-hybridized carbons (Fsp3) is 0.227. The highest BCUT2D eigenvalue weighted by molar-refractivity contribution is 6.42. The van der Waals surface area contributed by atoms with E-state index in [1.807, 2.05) is 6.07 Å². The van der Waals surface area contributed by atoms with Gasteiger partial charge >= 0.3 is 5.97 Å². The molecule has 0 fully saturated rings. The summed E-state index contributed by atoms with van der Waals surface area (Å²) in [7, 11) is 1.51. The van der Waals surface area contributed by atoms with Crippen LogP contribution < -0.4 is 15.6 Å². The van der Waals surface area contributed by atoms with Crippen molar-refractivity contribution in [1.29, 1.82) is 0 Å². The van der Waals surface area contributed by atoms with Crippen molar-refractivity contribution >= 4 is 57.6 Å². The molecule has 0 atom stereocenters. The smallest absolute Gasteiger partial charge is 0.341 e. The van der Waals surface area contributed by atoms with Crippen molar-refractivity contribution in [3.63, 3.8) is 0 Å². The lowest BCUT2D eigenvalue weighted by molar-refractivity contribution is -0.139. The Morgan fingerprint density at radius 2 is 1.84 bits per heavy atom. The van der Waals surface area contributed by atoms with Crippen molar-refractivity contribution in [2.24, 2.45) is 7.05 Å². The van der Waals surface area contributed by atoms with E-state index in [9.17, 15) is 14.4 Å². The maximum atomic E-state index is 13.0. The molecule has 2 N–H and O–H groups in total. The van der Waals surface area contributed by atoms with Crippen LogP contribution in [0.4, 0.5) is 0 Å². The second-order valence-corrected chi connectivity index (χ2v) is 8.27. The van der Waals surface area contributed by atoms with Gasteiger partial charge in [-0.15, -0.1) is 0 Å². The number of aliphatic carboxylic acids is 1. The summed E-state index contributed by atoms with van der Waals surface area (Å²) in [5.41, 5.74) is 0.747. The first kappa shape index (κ1) is 23.9. The first-order valence-electron chi connectivity index (χ1n) is 9.58. The lowest BCUT2D eigenvalue weighted by Crippen LogP contribution is -2.30. The highest BCUT2D eigenvalue weighted by atomic mass is 35.5. The first-order valence-corrected chi connectivity index (χ1v) is 10.7. The number of carbonyl (C=O) groups is 2. The topological polar surface area (TPSA) is 97.6 Å². The number of fused-ring (bicyclic) bond motifs is 1. The van der Waals surface area contributed by atoms with Gasteiger partial charge in [0.15, 0.2) is 12.4 Å². The van der Waals surface area contributed by atoms with Crippen LogP contribution in [0.5, 0.6) is 5.75 Å². The number of amides is 1. The minimum Gasteiger partial charge on any atom is -0.479 e. The SMILES string of the molecule is Cn1c(=O)c(OCC(=O)O)c(C(=O)NCCCc2ccc(Cl)c(Cl)c2)c2cc(Cl)ccc21. The van der Waals surface area contributed by atoms with E-state index < -0.39 is 24.0 Å². The van der Waals surface area contributed by atoms with Crippen molar-refractivity contribution < 1.29 is 19.4 Å². The second kappa shape index (κ2) is 10.3. The van der Waals surface area contributed by atoms with Crippen LogP contribution in [-0.2, 0) is 18.3 Å². The second-order valence-electron chi connectivity index (χ2n) is 7.02. The van der Waals surface area contributed by atoms with Gasteiger partial charge in [0.2, 0.25) is 0 Å². The molecule has 3 aromatic rings. The molecule has 7 nitrogen and oxygen atoms in total. The molecule has 0 aliphatic heterocycles. The normalized spacial score (nSPS) is 10.9. The van der Waals surface area contributed by atoms with E-state index in [0.717, 1.165) is 5.56 Å².